The lowest BCUT2D eigenvalue weighted by Gasteiger charge is -2.44. The molecule has 1 N–H and O–H groups in total. The van der Waals surface area contributed by atoms with E-state index >= 15 is 0 Å². The Kier molecular flexibility index (Phi) is 5.03. The molecule has 4 heteroatoms. The molecule has 2 aromatic rings. The third-order valence-electron chi connectivity index (χ3n) is 6.32. The van der Waals surface area contributed by atoms with Gasteiger partial charge >= 0.3 is 0 Å². The standard InChI is InChI=1S/C22H31N3O/c1-16(2)25-14-11-18-19(8-5-10-21(18)25)22(26)23-15-17-7-6-13-24-12-4-3-9-20(17)24/h5,8,10-11,14,16-17,20H,3-4,6-7,9,12-13,15H2,1-2H3,(H,23,26)/t17-,20-/m1/s1. The van der Waals surface area contributed by atoms with Crippen LogP contribution in [0.2, 0.25) is 0 Å². The molecular formula is C22H31N3O. The lowest BCUT2D eigenvalue weighted by molar-refractivity contribution is 0.0576. The fourth-order valence-electron chi connectivity index (χ4n) is 4.97. The molecule has 0 aliphatic carbocycles. The van der Waals surface area contributed by atoms with E-state index in [9.17, 15) is 4.79 Å². The molecule has 2 atom stereocenters. The van der Waals surface area contributed by atoms with E-state index in [0.717, 1.165) is 23.0 Å². The van der Waals surface area contributed by atoms with Gasteiger partial charge < -0.3 is 14.8 Å². The van der Waals surface area contributed by atoms with E-state index < -0.39 is 0 Å². The van der Waals surface area contributed by atoms with Crippen LogP contribution < -0.4 is 5.32 Å². The third-order valence-corrected chi connectivity index (χ3v) is 6.32. The Bertz CT molecular complexity index is 777. The van der Waals surface area contributed by atoms with Crippen LogP contribution in [0, 0.1) is 5.92 Å². The van der Waals surface area contributed by atoms with Gasteiger partial charge in [0, 0.05) is 41.3 Å². The summed E-state index contributed by atoms with van der Waals surface area (Å²) in [4.78, 5) is 15.6. The first-order valence-corrected chi connectivity index (χ1v) is 10.3. The Morgan fingerprint density at radius 1 is 1.15 bits per heavy atom. The molecule has 4 nitrogen and oxygen atoms in total. The van der Waals surface area contributed by atoms with Crippen LogP contribution in [-0.4, -0.2) is 41.1 Å². The van der Waals surface area contributed by atoms with Crippen LogP contribution in [0.25, 0.3) is 10.9 Å². The van der Waals surface area contributed by atoms with E-state index in [2.05, 4.69) is 47.0 Å². The quantitative estimate of drug-likeness (QED) is 0.894. The molecule has 2 aliphatic heterocycles. The van der Waals surface area contributed by atoms with Gasteiger partial charge in [-0.1, -0.05) is 12.5 Å². The van der Waals surface area contributed by atoms with Crippen molar-refractivity contribution in [3.05, 3.63) is 36.0 Å². The molecule has 1 aromatic carbocycles. The minimum Gasteiger partial charge on any atom is -0.352 e. The fraction of sp³-hybridized carbons (Fsp3) is 0.591. The summed E-state index contributed by atoms with van der Waals surface area (Å²) in [5, 5.41) is 4.31. The summed E-state index contributed by atoms with van der Waals surface area (Å²) >= 11 is 0. The van der Waals surface area contributed by atoms with E-state index in [0.29, 0.717) is 18.0 Å². The van der Waals surface area contributed by atoms with E-state index in [4.69, 9.17) is 0 Å². The van der Waals surface area contributed by atoms with Crippen LogP contribution in [0.15, 0.2) is 30.5 Å². The predicted molar refractivity (Wildman–Crippen MR) is 107 cm³/mol. The van der Waals surface area contributed by atoms with Gasteiger partial charge in [0.1, 0.15) is 0 Å². The molecule has 0 unspecified atom stereocenters. The smallest absolute Gasteiger partial charge is 0.251 e. The van der Waals surface area contributed by atoms with Crippen LogP contribution in [0.1, 0.15) is 62.4 Å². The van der Waals surface area contributed by atoms with E-state index in [1.165, 1.54) is 45.2 Å². The fourth-order valence-corrected chi connectivity index (χ4v) is 4.97. The van der Waals surface area contributed by atoms with Gasteiger partial charge in [-0.05, 0) is 76.7 Å². The SMILES string of the molecule is CC(C)n1ccc2c(C(=O)NC[C@H]3CCCN4CCCC[C@H]34)cccc21. The number of aromatic nitrogens is 1. The average Bonchev–Trinajstić information content (AvgIpc) is 3.10. The van der Waals surface area contributed by atoms with Gasteiger partial charge in [0.25, 0.3) is 5.91 Å². The minimum absolute atomic E-state index is 0.0741. The van der Waals surface area contributed by atoms with E-state index in [1.807, 2.05) is 12.1 Å². The number of nitrogens with one attached hydrogen (secondary N) is 1. The van der Waals surface area contributed by atoms with Crippen molar-refractivity contribution in [3.8, 4) is 0 Å². The molecule has 0 saturated carbocycles. The molecule has 0 spiro atoms. The highest BCUT2D eigenvalue weighted by molar-refractivity contribution is 6.06. The van der Waals surface area contributed by atoms with Crippen molar-refractivity contribution in [1.29, 1.82) is 0 Å². The zero-order valence-electron chi connectivity index (χ0n) is 16.1. The maximum atomic E-state index is 12.9. The number of hydrogen-bond donors (Lipinski definition) is 1. The van der Waals surface area contributed by atoms with Crippen molar-refractivity contribution in [2.24, 2.45) is 5.92 Å². The lowest BCUT2D eigenvalue weighted by atomic mass is 9.83. The Balaban J connectivity index is 1.47. The number of nitrogens with zero attached hydrogens (tertiary/aromatic N) is 2. The van der Waals surface area contributed by atoms with E-state index in [1.54, 1.807) is 0 Å². The Hall–Kier alpha value is -1.81. The number of amides is 1. The van der Waals surface area contributed by atoms with Gasteiger partial charge in [-0.25, -0.2) is 0 Å². The molecule has 2 aliphatic rings. The summed E-state index contributed by atoms with van der Waals surface area (Å²) < 4.78 is 2.23. The summed E-state index contributed by atoms with van der Waals surface area (Å²) in [6.07, 6.45) is 8.58. The minimum atomic E-state index is 0.0741. The predicted octanol–water partition coefficient (Wildman–Crippen LogP) is 4.22. The zero-order chi connectivity index (χ0) is 18.1. The number of piperidine rings is 2. The molecule has 0 bridgehead atoms. The number of rotatable bonds is 4. The number of hydrogen-bond acceptors (Lipinski definition) is 2. The number of fused-ring (bicyclic) bond motifs is 2. The monoisotopic (exact) mass is 353 g/mol. The van der Waals surface area contributed by atoms with Crippen molar-refractivity contribution >= 4 is 16.8 Å². The van der Waals surface area contributed by atoms with Gasteiger partial charge in [-0.3, -0.25) is 4.79 Å². The van der Waals surface area contributed by atoms with E-state index in [-0.39, 0.29) is 5.91 Å². The zero-order valence-corrected chi connectivity index (χ0v) is 16.1. The molecule has 26 heavy (non-hydrogen) atoms. The van der Waals surface area contributed by atoms with Gasteiger partial charge in [0.2, 0.25) is 0 Å². The molecule has 1 aromatic heterocycles. The number of carbonyl (C=O) groups is 1. The van der Waals surface area contributed by atoms with Crippen molar-refractivity contribution in [2.45, 2.75) is 58.0 Å². The molecule has 2 fully saturated rings. The molecule has 0 radical (unpaired) electrons. The Morgan fingerprint density at radius 3 is 2.85 bits per heavy atom. The van der Waals surface area contributed by atoms with Crippen LogP contribution in [0.4, 0.5) is 0 Å². The maximum Gasteiger partial charge on any atom is 0.251 e. The van der Waals surface area contributed by atoms with Gasteiger partial charge in [-0.15, -0.1) is 0 Å². The maximum absolute atomic E-state index is 12.9. The van der Waals surface area contributed by atoms with Crippen molar-refractivity contribution in [3.63, 3.8) is 0 Å². The summed E-state index contributed by atoms with van der Waals surface area (Å²) in [6.45, 7) is 7.64. The largest absolute Gasteiger partial charge is 0.352 e. The van der Waals surface area contributed by atoms with Crippen molar-refractivity contribution in [2.75, 3.05) is 19.6 Å². The molecular weight excluding hydrogens is 322 g/mol. The molecule has 4 rings (SSSR count). The van der Waals surface area contributed by atoms with Gasteiger partial charge in [0.15, 0.2) is 0 Å². The molecule has 3 heterocycles. The highest BCUT2D eigenvalue weighted by Gasteiger charge is 2.33. The highest BCUT2D eigenvalue weighted by atomic mass is 16.1. The first-order chi connectivity index (χ1) is 12.6. The van der Waals surface area contributed by atoms with Crippen molar-refractivity contribution in [1.82, 2.24) is 14.8 Å². The molecule has 1 amide bonds. The second-order valence-electron chi connectivity index (χ2n) is 8.27. The van der Waals surface area contributed by atoms with Gasteiger partial charge in [-0.2, -0.15) is 0 Å². The first-order valence-electron chi connectivity index (χ1n) is 10.3. The van der Waals surface area contributed by atoms with Crippen LogP contribution in [0.3, 0.4) is 0 Å². The number of benzene rings is 1. The molecule has 2 saturated heterocycles. The third kappa shape index (κ3) is 3.27. The normalized spacial score (nSPS) is 24.0. The van der Waals surface area contributed by atoms with Crippen LogP contribution in [0.5, 0.6) is 0 Å². The summed E-state index contributed by atoms with van der Waals surface area (Å²) in [5.41, 5.74) is 1.95. The van der Waals surface area contributed by atoms with Crippen molar-refractivity contribution < 1.29 is 4.79 Å². The first kappa shape index (κ1) is 17.6. The van der Waals surface area contributed by atoms with Gasteiger partial charge in [0.05, 0.1) is 0 Å². The summed E-state index contributed by atoms with van der Waals surface area (Å²) in [6, 6.07) is 9.21. The van der Waals surface area contributed by atoms with Crippen LogP contribution >= 0.6 is 0 Å². The molecule has 140 valence electrons. The second-order valence-corrected chi connectivity index (χ2v) is 8.27. The number of carbonyl (C=O) groups excluding carboxylic acids is 1. The second kappa shape index (κ2) is 7.43. The topological polar surface area (TPSA) is 37.3 Å². The Labute approximate surface area is 156 Å². The summed E-state index contributed by atoms with van der Waals surface area (Å²) in [5.74, 6) is 0.678. The average molecular weight is 354 g/mol. The lowest BCUT2D eigenvalue weighted by Crippen LogP contribution is -2.51. The highest BCUT2D eigenvalue weighted by Crippen LogP contribution is 2.30. The van der Waals surface area contributed by atoms with Crippen LogP contribution in [-0.2, 0) is 0 Å². The summed E-state index contributed by atoms with van der Waals surface area (Å²) in [7, 11) is 0. The Morgan fingerprint density at radius 2 is 2.00 bits per heavy atom.